The van der Waals surface area contributed by atoms with Crippen molar-refractivity contribution in [3.63, 3.8) is 0 Å². The van der Waals surface area contributed by atoms with Gasteiger partial charge in [-0.1, -0.05) is 35.9 Å². The first-order chi connectivity index (χ1) is 13.5. The highest BCUT2D eigenvalue weighted by Crippen LogP contribution is 2.29. The Kier molecular flexibility index (Phi) is 6.19. The van der Waals surface area contributed by atoms with Crippen LogP contribution < -0.4 is 14.8 Å². The molecule has 0 aromatic heterocycles. The van der Waals surface area contributed by atoms with E-state index in [2.05, 4.69) is 5.32 Å². The molecule has 0 radical (unpaired) electrons. The number of rotatable bonds is 7. The summed E-state index contributed by atoms with van der Waals surface area (Å²) in [6, 6.07) is 13.6. The number of nitrogens with zero attached hydrogens (tertiary/aromatic N) is 1. The number of carbonyl (C=O) groups is 2. The number of benzene rings is 2. The molecule has 0 bridgehead atoms. The number of likely N-dealkylation sites (tertiary alicyclic amines) is 1. The number of methoxy groups -OCH3 is 2. The molecule has 1 heterocycles. The van der Waals surface area contributed by atoms with Crippen molar-refractivity contribution in [3.05, 3.63) is 59.2 Å². The minimum absolute atomic E-state index is 0.00901. The summed E-state index contributed by atoms with van der Waals surface area (Å²) in [6.07, 6.45) is 0.243. The minimum Gasteiger partial charge on any atom is -0.493 e. The zero-order chi connectivity index (χ0) is 20.1. The lowest BCUT2D eigenvalue weighted by molar-refractivity contribution is -0.129. The van der Waals surface area contributed by atoms with Crippen LogP contribution in [0.2, 0.25) is 0 Å². The third kappa shape index (κ3) is 4.63. The molecule has 1 saturated heterocycles. The molecular formula is C22H26N2O4. The Labute approximate surface area is 165 Å². The Morgan fingerprint density at radius 3 is 2.43 bits per heavy atom. The fourth-order valence-electron chi connectivity index (χ4n) is 3.34. The van der Waals surface area contributed by atoms with Gasteiger partial charge in [0.2, 0.25) is 11.8 Å². The molecule has 1 aliphatic rings. The number of ether oxygens (including phenoxy) is 2. The van der Waals surface area contributed by atoms with E-state index in [0.717, 1.165) is 11.1 Å². The second-order valence-electron chi connectivity index (χ2n) is 7.07. The SMILES string of the molecule is COc1ccc(CN2CC(C(=O)NCc3ccc(C)cc3)CC2=O)cc1OC. The van der Waals surface area contributed by atoms with E-state index in [0.29, 0.717) is 31.1 Å². The predicted octanol–water partition coefficient (Wildman–Crippen LogP) is 2.68. The van der Waals surface area contributed by atoms with Gasteiger partial charge in [0, 0.05) is 26.1 Å². The van der Waals surface area contributed by atoms with Crippen LogP contribution in [0.4, 0.5) is 0 Å². The van der Waals surface area contributed by atoms with Gasteiger partial charge in [0.15, 0.2) is 11.5 Å². The zero-order valence-corrected chi connectivity index (χ0v) is 16.5. The van der Waals surface area contributed by atoms with E-state index in [1.165, 1.54) is 5.56 Å². The summed E-state index contributed by atoms with van der Waals surface area (Å²) in [7, 11) is 3.17. The van der Waals surface area contributed by atoms with Gasteiger partial charge in [0.1, 0.15) is 0 Å². The van der Waals surface area contributed by atoms with Crippen LogP contribution in [0, 0.1) is 12.8 Å². The van der Waals surface area contributed by atoms with Crippen LogP contribution in [-0.2, 0) is 22.7 Å². The van der Waals surface area contributed by atoms with E-state index in [1.54, 1.807) is 19.1 Å². The number of nitrogens with one attached hydrogen (secondary N) is 1. The molecule has 6 heteroatoms. The number of carbonyl (C=O) groups excluding carboxylic acids is 2. The number of amides is 2. The molecule has 28 heavy (non-hydrogen) atoms. The summed E-state index contributed by atoms with van der Waals surface area (Å²) in [5.41, 5.74) is 3.17. The molecule has 1 N–H and O–H groups in total. The van der Waals surface area contributed by atoms with Crippen LogP contribution in [0.25, 0.3) is 0 Å². The normalized spacial score (nSPS) is 16.2. The third-order valence-corrected chi connectivity index (χ3v) is 4.99. The van der Waals surface area contributed by atoms with Crippen LogP contribution in [0.5, 0.6) is 11.5 Å². The number of hydrogen-bond donors (Lipinski definition) is 1. The summed E-state index contributed by atoms with van der Waals surface area (Å²) in [5, 5.41) is 2.94. The van der Waals surface area contributed by atoms with E-state index in [4.69, 9.17) is 9.47 Å². The minimum atomic E-state index is -0.321. The Morgan fingerprint density at radius 1 is 1.07 bits per heavy atom. The van der Waals surface area contributed by atoms with Crippen LogP contribution in [0.15, 0.2) is 42.5 Å². The summed E-state index contributed by atoms with van der Waals surface area (Å²) in [6.45, 7) is 3.37. The Bertz CT molecular complexity index is 848. The molecule has 2 aromatic rings. The van der Waals surface area contributed by atoms with Gasteiger partial charge in [-0.15, -0.1) is 0 Å². The van der Waals surface area contributed by atoms with Gasteiger partial charge in [-0.2, -0.15) is 0 Å². The summed E-state index contributed by atoms with van der Waals surface area (Å²) < 4.78 is 10.6. The van der Waals surface area contributed by atoms with Crippen molar-refractivity contribution in [3.8, 4) is 11.5 Å². The fraction of sp³-hybridized carbons (Fsp3) is 0.364. The topological polar surface area (TPSA) is 67.9 Å². The molecule has 148 valence electrons. The van der Waals surface area contributed by atoms with Crippen molar-refractivity contribution >= 4 is 11.8 Å². The van der Waals surface area contributed by atoms with Gasteiger partial charge in [-0.3, -0.25) is 9.59 Å². The fourth-order valence-corrected chi connectivity index (χ4v) is 3.34. The van der Waals surface area contributed by atoms with Gasteiger partial charge in [-0.25, -0.2) is 0 Å². The van der Waals surface area contributed by atoms with E-state index < -0.39 is 0 Å². The second-order valence-corrected chi connectivity index (χ2v) is 7.07. The smallest absolute Gasteiger partial charge is 0.225 e. The maximum atomic E-state index is 12.5. The van der Waals surface area contributed by atoms with Gasteiger partial charge in [0.25, 0.3) is 0 Å². The highest BCUT2D eigenvalue weighted by atomic mass is 16.5. The molecule has 2 aromatic carbocycles. The van der Waals surface area contributed by atoms with Crippen molar-refractivity contribution < 1.29 is 19.1 Å². The van der Waals surface area contributed by atoms with E-state index >= 15 is 0 Å². The summed E-state index contributed by atoms with van der Waals surface area (Å²) in [5.74, 6) is 0.860. The zero-order valence-electron chi connectivity index (χ0n) is 16.5. The molecule has 0 spiro atoms. The molecular weight excluding hydrogens is 356 g/mol. The van der Waals surface area contributed by atoms with E-state index in [9.17, 15) is 9.59 Å². The molecule has 6 nitrogen and oxygen atoms in total. The largest absolute Gasteiger partial charge is 0.493 e. The van der Waals surface area contributed by atoms with Crippen molar-refractivity contribution in [1.29, 1.82) is 0 Å². The van der Waals surface area contributed by atoms with Crippen molar-refractivity contribution in [2.75, 3.05) is 20.8 Å². The Hall–Kier alpha value is -3.02. The summed E-state index contributed by atoms with van der Waals surface area (Å²) in [4.78, 5) is 26.6. The third-order valence-electron chi connectivity index (χ3n) is 4.99. The molecule has 0 aliphatic carbocycles. The molecule has 1 unspecified atom stereocenters. The van der Waals surface area contributed by atoms with Crippen molar-refractivity contribution in [2.24, 2.45) is 5.92 Å². The monoisotopic (exact) mass is 382 g/mol. The molecule has 1 atom stereocenters. The van der Waals surface area contributed by atoms with Crippen LogP contribution in [-0.4, -0.2) is 37.5 Å². The van der Waals surface area contributed by atoms with Crippen molar-refractivity contribution in [1.82, 2.24) is 10.2 Å². The first-order valence-corrected chi connectivity index (χ1v) is 9.32. The van der Waals surface area contributed by atoms with Gasteiger partial charge < -0.3 is 19.7 Å². The highest BCUT2D eigenvalue weighted by molar-refractivity contribution is 5.89. The number of hydrogen-bond acceptors (Lipinski definition) is 4. The first kappa shape index (κ1) is 19.7. The lowest BCUT2D eigenvalue weighted by Crippen LogP contribution is -2.32. The Morgan fingerprint density at radius 2 is 1.75 bits per heavy atom. The van der Waals surface area contributed by atoms with Crippen LogP contribution >= 0.6 is 0 Å². The lowest BCUT2D eigenvalue weighted by atomic mass is 10.1. The molecule has 2 amide bonds. The van der Waals surface area contributed by atoms with Gasteiger partial charge in [-0.05, 0) is 30.2 Å². The van der Waals surface area contributed by atoms with Crippen LogP contribution in [0.3, 0.4) is 0 Å². The van der Waals surface area contributed by atoms with Gasteiger partial charge >= 0.3 is 0 Å². The molecule has 3 rings (SSSR count). The average Bonchev–Trinajstić information content (AvgIpc) is 3.07. The predicted molar refractivity (Wildman–Crippen MR) is 106 cm³/mol. The summed E-state index contributed by atoms with van der Waals surface area (Å²) >= 11 is 0. The van der Waals surface area contributed by atoms with E-state index in [1.807, 2.05) is 49.4 Å². The van der Waals surface area contributed by atoms with Crippen molar-refractivity contribution in [2.45, 2.75) is 26.4 Å². The molecule has 1 fully saturated rings. The number of aryl methyl sites for hydroxylation is 1. The van der Waals surface area contributed by atoms with Gasteiger partial charge in [0.05, 0.1) is 20.1 Å². The average molecular weight is 382 g/mol. The van der Waals surface area contributed by atoms with Crippen LogP contribution in [0.1, 0.15) is 23.1 Å². The standard InChI is InChI=1S/C22H26N2O4/c1-15-4-6-16(7-5-15)12-23-22(26)18-11-21(25)24(14-18)13-17-8-9-19(27-2)20(10-17)28-3/h4-10,18H,11-14H2,1-3H3,(H,23,26). The second kappa shape index (κ2) is 8.78. The quantitative estimate of drug-likeness (QED) is 0.799. The van der Waals surface area contributed by atoms with E-state index in [-0.39, 0.29) is 24.2 Å². The molecule has 0 saturated carbocycles. The molecule has 1 aliphatic heterocycles. The maximum Gasteiger partial charge on any atom is 0.225 e. The maximum absolute atomic E-state index is 12.5. The first-order valence-electron chi connectivity index (χ1n) is 9.32. The lowest BCUT2D eigenvalue weighted by Gasteiger charge is -2.18. The Balaban J connectivity index is 1.57. The highest BCUT2D eigenvalue weighted by Gasteiger charge is 2.34.